The molecule has 11 nitrogen and oxygen atoms in total. The van der Waals surface area contributed by atoms with Crippen LogP contribution in [-0.2, 0) is 19.8 Å². The maximum atomic E-state index is 12.9. The van der Waals surface area contributed by atoms with Crippen molar-refractivity contribution in [3.05, 3.63) is 58.5 Å². The Morgan fingerprint density at radius 2 is 2.00 bits per heavy atom. The number of aromatic nitrogens is 9. The molecule has 0 atom stereocenters. The Balaban J connectivity index is 1.42. The molecule has 1 aromatic carbocycles. The average Bonchev–Trinajstić information content (AvgIpc) is 3.32. The second kappa shape index (κ2) is 7.11. The molecule has 4 aromatic heterocycles. The van der Waals surface area contributed by atoms with Crippen LogP contribution in [0.4, 0.5) is 13.2 Å². The maximum Gasteiger partial charge on any atom is 0.416 e. The number of rotatable bonds is 4. The fourth-order valence-corrected chi connectivity index (χ4v) is 3.06. The molecule has 0 fully saturated rings. The summed E-state index contributed by atoms with van der Waals surface area (Å²) in [6, 6.07) is 4.42. The van der Waals surface area contributed by atoms with Crippen LogP contribution in [0.2, 0.25) is 0 Å². The minimum Gasteiger partial charge on any atom is -0.437 e. The molecule has 0 radical (unpaired) electrons. The van der Waals surface area contributed by atoms with Gasteiger partial charge in [0.2, 0.25) is 11.5 Å². The summed E-state index contributed by atoms with van der Waals surface area (Å²) < 4.78 is 46.7. The van der Waals surface area contributed by atoms with Crippen molar-refractivity contribution in [2.45, 2.75) is 12.7 Å². The van der Waals surface area contributed by atoms with Crippen molar-refractivity contribution >= 4 is 22.5 Å². The molecule has 0 unspecified atom stereocenters. The Morgan fingerprint density at radius 1 is 1.16 bits per heavy atom. The lowest BCUT2D eigenvalue weighted by atomic mass is 10.2. The zero-order valence-electron chi connectivity index (χ0n) is 16.2. The summed E-state index contributed by atoms with van der Waals surface area (Å²) in [7, 11) is 1.59. The van der Waals surface area contributed by atoms with Crippen LogP contribution < -0.4 is 10.3 Å². The lowest BCUT2D eigenvalue weighted by Gasteiger charge is -2.09. The number of nitrogens with one attached hydrogen (secondary N) is 1. The first-order valence-corrected chi connectivity index (χ1v) is 9.09. The van der Waals surface area contributed by atoms with Gasteiger partial charge in [0.25, 0.3) is 5.56 Å². The number of halogens is 3. The molecule has 0 aliphatic heterocycles. The molecule has 5 aromatic rings. The summed E-state index contributed by atoms with van der Waals surface area (Å²) in [5.41, 5.74) is -0.214. The van der Waals surface area contributed by atoms with E-state index in [4.69, 9.17) is 4.74 Å². The normalized spacial score (nSPS) is 12.0. The quantitative estimate of drug-likeness (QED) is 0.447. The number of aromatic amines is 1. The minimum atomic E-state index is -4.49. The predicted octanol–water partition coefficient (Wildman–Crippen LogP) is 2.05. The molecule has 32 heavy (non-hydrogen) atoms. The number of hydrogen-bond acceptors (Lipinski definition) is 8. The number of H-pyrrole nitrogens is 1. The van der Waals surface area contributed by atoms with Gasteiger partial charge >= 0.3 is 6.18 Å². The summed E-state index contributed by atoms with van der Waals surface area (Å²) in [5.74, 6) is 0.312. The molecule has 0 bridgehead atoms. The van der Waals surface area contributed by atoms with Crippen LogP contribution in [-0.4, -0.2) is 44.5 Å². The van der Waals surface area contributed by atoms with Gasteiger partial charge in [-0.1, -0.05) is 11.3 Å². The predicted molar refractivity (Wildman–Crippen MR) is 103 cm³/mol. The Morgan fingerprint density at radius 3 is 2.81 bits per heavy atom. The fourth-order valence-electron chi connectivity index (χ4n) is 3.06. The van der Waals surface area contributed by atoms with E-state index in [9.17, 15) is 18.0 Å². The number of benzene rings is 1. The highest BCUT2D eigenvalue weighted by Gasteiger charge is 2.30. The monoisotopic (exact) mass is 443 g/mol. The largest absolute Gasteiger partial charge is 0.437 e. The van der Waals surface area contributed by atoms with Gasteiger partial charge in [0.1, 0.15) is 17.9 Å². The average molecular weight is 443 g/mol. The van der Waals surface area contributed by atoms with E-state index < -0.39 is 11.7 Å². The van der Waals surface area contributed by atoms with Gasteiger partial charge in [0.05, 0.1) is 18.3 Å². The zero-order chi connectivity index (χ0) is 22.5. The van der Waals surface area contributed by atoms with Crippen molar-refractivity contribution in [2.75, 3.05) is 0 Å². The van der Waals surface area contributed by atoms with Gasteiger partial charge in [-0.25, -0.2) is 19.6 Å². The molecule has 4 heterocycles. The van der Waals surface area contributed by atoms with E-state index in [-0.39, 0.29) is 46.2 Å². The third-order valence-corrected chi connectivity index (χ3v) is 4.53. The SMILES string of the molecule is Cn1nnc2ncn(Cc3nc4ncc(Oc5cccc(C(F)(F)F)c5)nc4[nH]3)c(=O)c21. The van der Waals surface area contributed by atoms with E-state index in [0.717, 1.165) is 12.1 Å². The van der Waals surface area contributed by atoms with Crippen molar-refractivity contribution in [3.63, 3.8) is 0 Å². The first-order chi connectivity index (χ1) is 15.3. The fraction of sp³-hybridized carbons (Fsp3) is 0.167. The first kappa shape index (κ1) is 19.6. The van der Waals surface area contributed by atoms with Crippen LogP contribution in [0.1, 0.15) is 11.4 Å². The van der Waals surface area contributed by atoms with Gasteiger partial charge in [-0.3, -0.25) is 9.36 Å². The van der Waals surface area contributed by atoms with Gasteiger partial charge in [0, 0.05) is 7.05 Å². The third-order valence-electron chi connectivity index (χ3n) is 4.53. The molecule has 5 rings (SSSR count). The molecular weight excluding hydrogens is 431 g/mol. The summed E-state index contributed by atoms with van der Waals surface area (Å²) in [5, 5.41) is 7.57. The van der Waals surface area contributed by atoms with Crippen molar-refractivity contribution in [1.29, 1.82) is 0 Å². The van der Waals surface area contributed by atoms with Crippen LogP contribution in [0.3, 0.4) is 0 Å². The molecule has 1 N–H and O–H groups in total. The van der Waals surface area contributed by atoms with Crippen molar-refractivity contribution in [3.8, 4) is 11.6 Å². The molecular formula is C18H12F3N9O2. The number of ether oxygens (including phenoxy) is 1. The molecule has 0 saturated heterocycles. The van der Waals surface area contributed by atoms with Gasteiger partial charge in [-0.05, 0) is 18.2 Å². The van der Waals surface area contributed by atoms with Crippen LogP contribution >= 0.6 is 0 Å². The molecule has 0 aliphatic carbocycles. The topological polar surface area (TPSA) is 129 Å². The van der Waals surface area contributed by atoms with E-state index >= 15 is 0 Å². The summed E-state index contributed by atoms with van der Waals surface area (Å²) in [6.07, 6.45) is -1.92. The Labute approximate surface area is 175 Å². The summed E-state index contributed by atoms with van der Waals surface area (Å²) in [6.45, 7) is 0.0504. The van der Waals surface area contributed by atoms with Crippen molar-refractivity contribution in [1.82, 2.24) is 44.5 Å². The van der Waals surface area contributed by atoms with E-state index in [0.29, 0.717) is 5.82 Å². The number of fused-ring (bicyclic) bond motifs is 2. The molecule has 0 aliphatic rings. The second-order valence-corrected chi connectivity index (χ2v) is 6.75. The first-order valence-electron chi connectivity index (χ1n) is 9.09. The number of nitrogens with zero attached hydrogens (tertiary/aromatic N) is 8. The standard InChI is InChI=1S/C18H12F3N9O2/c1-29-13-14(27-28-29)23-8-30(17(13)31)7-11-24-15-16(25-11)26-12(6-22-15)32-10-4-2-3-9(5-10)18(19,20)21/h2-6,8H,7H2,1H3,(H,22,24,25,26). The Hall–Kier alpha value is -4.36. The maximum absolute atomic E-state index is 12.9. The van der Waals surface area contributed by atoms with Crippen molar-refractivity contribution in [2.24, 2.45) is 7.05 Å². The van der Waals surface area contributed by atoms with Crippen LogP contribution in [0.15, 0.2) is 41.6 Å². The molecule has 0 saturated carbocycles. The zero-order valence-corrected chi connectivity index (χ0v) is 16.2. The number of alkyl halides is 3. The van der Waals surface area contributed by atoms with E-state index in [1.54, 1.807) is 7.05 Å². The Kier molecular flexibility index (Phi) is 4.35. The minimum absolute atomic E-state index is 0.0202. The second-order valence-electron chi connectivity index (χ2n) is 6.75. The highest BCUT2D eigenvalue weighted by atomic mass is 19.4. The van der Waals surface area contributed by atoms with Gasteiger partial charge in [-0.15, -0.1) is 5.10 Å². The van der Waals surface area contributed by atoms with Crippen LogP contribution in [0.5, 0.6) is 11.6 Å². The van der Waals surface area contributed by atoms with E-state index in [1.165, 1.54) is 33.9 Å². The van der Waals surface area contributed by atoms with Gasteiger partial charge in [-0.2, -0.15) is 18.2 Å². The number of imidazole rings is 1. The highest BCUT2D eigenvalue weighted by Crippen LogP contribution is 2.32. The molecule has 14 heteroatoms. The third kappa shape index (κ3) is 3.51. The smallest absolute Gasteiger partial charge is 0.416 e. The number of aryl methyl sites for hydroxylation is 1. The molecule has 0 spiro atoms. The highest BCUT2D eigenvalue weighted by molar-refractivity contribution is 5.68. The lowest BCUT2D eigenvalue weighted by Crippen LogP contribution is -2.23. The summed E-state index contributed by atoms with van der Waals surface area (Å²) >= 11 is 0. The lowest BCUT2D eigenvalue weighted by molar-refractivity contribution is -0.137. The Bertz CT molecular complexity index is 1520. The molecule has 0 amide bonds. The van der Waals surface area contributed by atoms with Crippen LogP contribution in [0, 0.1) is 0 Å². The van der Waals surface area contributed by atoms with E-state index in [2.05, 4.69) is 35.2 Å². The number of hydrogen-bond donors (Lipinski definition) is 1. The van der Waals surface area contributed by atoms with Gasteiger partial charge < -0.3 is 9.72 Å². The molecule has 162 valence electrons. The van der Waals surface area contributed by atoms with E-state index in [1.807, 2.05) is 0 Å². The van der Waals surface area contributed by atoms with Crippen molar-refractivity contribution < 1.29 is 17.9 Å². The van der Waals surface area contributed by atoms with Crippen LogP contribution in [0.25, 0.3) is 22.5 Å². The summed E-state index contributed by atoms with van der Waals surface area (Å²) in [4.78, 5) is 32.2. The van der Waals surface area contributed by atoms with Gasteiger partial charge in [0.15, 0.2) is 16.8 Å².